The van der Waals surface area contributed by atoms with E-state index in [2.05, 4.69) is 0 Å². The third kappa shape index (κ3) is 1.67. The van der Waals surface area contributed by atoms with Gasteiger partial charge in [-0.15, -0.1) is 0 Å². The number of nitrogens with two attached hydrogens (primary N) is 1. The standard InChI is InChI=1S/C15H16ClNO/c1-8-5-9-6-13-10(12(9)7-14(8)16)3-2-4-11(13)15(17)18/h5,7,11H,2-4,6H2,1H3,(H2,17,18)/i2D2,5D,7D,11D. The van der Waals surface area contributed by atoms with Crippen LogP contribution in [0.25, 0.3) is 5.57 Å². The highest BCUT2D eigenvalue weighted by Crippen LogP contribution is 2.45. The van der Waals surface area contributed by atoms with Gasteiger partial charge in [0.2, 0.25) is 5.91 Å². The van der Waals surface area contributed by atoms with Crippen molar-refractivity contribution in [1.29, 1.82) is 0 Å². The van der Waals surface area contributed by atoms with Crippen molar-refractivity contribution in [2.45, 2.75) is 32.6 Å². The van der Waals surface area contributed by atoms with Crippen LogP contribution in [0.3, 0.4) is 0 Å². The van der Waals surface area contributed by atoms with Crippen LogP contribution in [0.5, 0.6) is 0 Å². The van der Waals surface area contributed by atoms with Crippen molar-refractivity contribution in [2.24, 2.45) is 11.6 Å². The number of primary amides is 1. The third-order valence-corrected chi connectivity index (χ3v) is 3.87. The second-order valence-corrected chi connectivity index (χ2v) is 5.00. The lowest BCUT2D eigenvalue weighted by atomic mass is 9.82. The first kappa shape index (κ1) is 7.34. The molecule has 0 spiro atoms. The molecule has 0 aromatic heterocycles. The molecule has 1 atom stereocenters. The van der Waals surface area contributed by atoms with E-state index in [9.17, 15) is 4.79 Å². The van der Waals surface area contributed by atoms with Gasteiger partial charge in [0.25, 0.3) is 0 Å². The minimum absolute atomic E-state index is 0.00600. The molecule has 3 heteroatoms. The van der Waals surface area contributed by atoms with Crippen molar-refractivity contribution in [3.63, 3.8) is 0 Å². The fourth-order valence-corrected chi connectivity index (χ4v) is 2.73. The maximum absolute atomic E-state index is 11.9. The Morgan fingerprint density at radius 1 is 1.67 bits per heavy atom. The highest BCUT2D eigenvalue weighted by atomic mass is 35.5. The van der Waals surface area contributed by atoms with E-state index in [1.807, 2.05) is 0 Å². The summed E-state index contributed by atoms with van der Waals surface area (Å²) in [4.78, 5) is 11.9. The molecule has 0 fully saturated rings. The predicted octanol–water partition coefficient (Wildman–Crippen LogP) is 3.24. The van der Waals surface area contributed by atoms with E-state index in [0.29, 0.717) is 27.8 Å². The third-order valence-electron chi connectivity index (χ3n) is 3.49. The molecule has 2 aliphatic rings. The van der Waals surface area contributed by atoms with E-state index in [1.165, 1.54) is 0 Å². The minimum atomic E-state index is -1.85. The zero-order valence-corrected chi connectivity index (χ0v) is 10.7. The van der Waals surface area contributed by atoms with Crippen molar-refractivity contribution in [3.8, 4) is 0 Å². The smallest absolute Gasteiger partial charge is 0.224 e. The average Bonchev–Trinajstić information content (AvgIpc) is 2.81. The van der Waals surface area contributed by atoms with Gasteiger partial charge in [-0.1, -0.05) is 17.6 Å². The monoisotopic (exact) mass is 266 g/mol. The molecule has 2 N–H and O–H groups in total. The number of benzene rings is 1. The Balaban J connectivity index is 2.32. The molecule has 0 saturated heterocycles. The van der Waals surface area contributed by atoms with Crippen molar-refractivity contribution in [1.82, 2.24) is 0 Å². The van der Waals surface area contributed by atoms with E-state index >= 15 is 0 Å². The van der Waals surface area contributed by atoms with Gasteiger partial charge in [0.05, 0.1) is 8.64 Å². The van der Waals surface area contributed by atoms with Crippen LogP contribution in [0.2, 0.25) is 5.02 Å². The number of carbonyl (C=O) groups is 1. The van der Waals surface area contributed by atoms with Gasteiger partial charge in [0.15, 0.2) is 0 Å². The lowest BCUT2D eigenvalue weighted by Gasteiger charge is -2.22. The van der Waals surface area contributed by atoms with Crippen LogP contribution in [0.4, 0.5) is 0 Å². The van der Waals surface area contributed by atoms with Crippen LogP contribution in [-0.4, -0.2) is 5.91 Å². The normalized spacial score (nSPS) is 32.7. The number of hydrogen-bond donors (Lipinski definition) is 1. The van der Waals surface area contributed by atoms with Crippen molar-refractivity contribution < 1.29 is 11.6 Å². The lowest BCUT2D eigenvalue weighted by molar-refractivity contribution is -0.121. The Morgan fingerprint density at radius 2 is 2.44 bits per heavy atom. The van der Waals surface area contributed by atoms with Crippen molar-refractivity contribution in [2.75, 3.05) is 0 Å². The van der Waals surface area contributed by atoms with Gasteiger partial charge in [0, 0.05) is 9.13 Å². The van der Waals surface area contributed by atoms with Gasteiger partial charge in [-0.05, 0) is 66.4 Å². The Bertz CT molecular complexity index is 789. The molecule has 0 radical (unpaired) electrons. The van der Waals surface area contributed by atoms with Crippen LogP contribution in [0, 0.1) is 12.8 Å². The fraction of sp³-hybridized carbons (Fsp3) is 0.400. The maximum Gasteiger partial charge on any atom is 0.224 e. The Hall–Kier alpha value is -1.28. The van der Waals surface area contributed by atoms with Crippen LogP contribution in [0.1, 0.15) is 42.8 Å². The van der Waals surface area contributed by atoms with Gasteiger partial charge in [-0.25, -0.2) is 0 Å². The molecular formula is C15H16ClNO. The van der Waals surface area contributed by atoms with Crippen LogP contribution in [0.15, 0.2) is 17.7 Å². The summed E-state index contributed by atoms with van der Waals surface area (Å²) in [6.07, 6.45) is -1.91. The summed E-state index contributed by atoms with van der Waals surface area (Å²) in [6, 6.07) is 0.215. The first-order valence-electron chi connectivity index (χ1n) is 8.30. The van der Waals surface area contributed by atoms with Crippen LogP contribution < -0.4 is 5.73 Å². The van der Waals surface area contributed by atoms with Gasteiger partial charge < -0.3 is 5.73 Å². The topological polar surface area (TPSA) is 43.1 Å². The average molecular weight is 267 g/mol. The molecule has 94 valence electrons. The summed E-state index contributed by atoms with van der Waals surface area (Å²) in [6.45, 7) is 1.65. The Labute approximate surface area is 119 Å². The largest absolute Gasteiger partial charge is 0.369 e. The number of allylic oxidation sites excluding steroid dienone is 1. The SMILES string of the molecule is [2H]c1c(C)c(Cl)c([2H])c2c1CC1=C2CC([2H])([2H])CC1([2H])C(N)=O. The fourth-order valence-electron chi connectivity index (χ4n) is 2.59. The molecule has 0 saturated carbocycles. The second-order valence-electron chi connectivity index (χ2n) is 4.62. The second kappa shape index (κ2) is 4.13. The Morgan fingerprint density at radius 3 is 3.17 bits per heavy atom. The molecular weight excluding hydrogens is 246 g/mol. The first-order valence-corrected chi connectivity index (χ1v) is 6.18. The van der Waals surface area contributed by atoms with Crippen molar-refractivity contribution >= 4 is 23.1 Å². The molecule has 1 amide bonds. The molecule has 2 aliphatic carbocycles. The summed E-state index contributed by atoms with van der Waals surface area (Å²) in [7, 11) is 0. The Kier molecular flexibility index (Phi) is 1.68. The maximum atomic E-state index is 11.9. The number of carbonyl (C=O) groups excluding carboxylic acids is 1. The molecule has 0 aliphatic heterocycles. The molecule has 3 rings (SSSR count). The van der Waals surface area contributed by atoms with E-state index in [-0.39, 0.29) is 36.4 Å². The van der Waals surface area contributed by atoms with E-state index in [4.69, 9.17) is 24.2 Å². The van der Waals surface area contributed by atoms with Gasteiger partial charge in [-0.2, -0.15) is 0 Å². The summed E-state index contributed by atoms with van der Waals surface area (Å²) in [5, 5.41) is 0.156. The van der Waals surface area contributed by atoms with E-state index in [1.54, 1.807) is 6.92 Å². The number of amides is 1. The van der Waals surface area contributed by atoms with Gasteiger partial charge >= 0.3 is 0 Å². The molecule has 0 heterocycles. The van der Waals surface area contributed by atoms with Crippen molar-refractivity contribution in [3.05, 3.63) is 39.4 Å². The summed E-state index contributed by atoms with van der Waals surface area (Å²) in [5.74, 6) is -2.75. The minimum Gasteiger partial charge on any atom is -0.369 e. The molecule has 1 aromatic carbocycles. The van der Waals surface area contributed by atoms with E-state index in [0.717, 1.165) is 0 Å². The highest BCUT2D eigenvalue weighted by molar-refractivity contribution is 6.31. The summed E-state index contributed by atoms with van der Waals surface area (Å²) >= 11 is 6.14. The quantitative estimate of drug-likeness (QED) is 0.833. The number of fused-ring (bicyclic) bond motifs is 2. The molecule has 2 nitrogen and oxygen atoms in total. The zero-order chi connectivity index (χ0) is 17.3. The first-order chi connectivity index (χ1) is 10.5. The van der Waals surface area contributed by atoms with Gasteiger partial charge in [0.1, 0.15) is 0 Å². The van der Waals surface area contributed by atoms with Crippen LogP contribution >= 0.6 is 11.6 Å². The lowest BCUT2D eigenvalue weighted by Crippen LogP contribution is -2.27. The number of halogens is 1. The summed E-state index contributed by atoms with van der Waals surface area (Å²) in [5.41, 5.74) is 7.69. The molecule has 1 aromatic rings. The highest BCUT2D eigenvalue weighted by Gasteiger charge is 2.33. The van der Waals surface area contributed by atoms with E-state index < -0.39 is 18.2 Å². The van der Waals surface area contributed by atoms with Crippen LogP contribution in [-0.2, 0) is 11.2 Å². The molecule has 1 unspecified atom stereocenters. The molecule has 0 bridgehead atoms. The summed E-state index contributed by atoms with van der Waals surface area (Å²) < 4.78 is 41.0. The number of hydrogen-bond acceptors (Lipinski definition) is 1. The van der Waals surface area contributed by atoms with Gasteiger partial charge in [-0.3, -0.25) is 4.79 Å². The predicted molar refractivity (Wildman–Crippen MR) is 73.3 cm³/mol. The number of rotatable bonds is 1. The molecule has 18 heavy (non-hydrogen) atoms. The zero-order valence-electron chi connectivity index (χ0n) is 15.0.